The lowest BCUT2D eigenvalue weighted by atomic mass is 10.1. The summed E-state index contributed by atoms with van der Waals surface area (Å²) in [5, 5.41) is 26.7. The molecule has 158 valence electrons. The van der Waals surface area contributed by atoms with Crippen molar-refractivity contribution in [3.63, 3.8) is 0 Å². The number of nitrogens with zero attached hydrogens (tertiary/aromatic N) is 5. The summed E-state index contributed by atoms with van der Waals surface area (Å²) in [5.74, 6) is 0.358. The first-order chi connectivity index (χ1) is 15.0. The maximum atomic E-state index is 12.7. The van der Waals surface area contributed by atoms with Gasteiger partial charge in [0.05, 0.1) is 27.7 Å². The highest BCUT2D eigenvalue weighted by Crippen LogP contribution is 2.31. The van der Waals surface area contributed by atoms with E-state index < -0.39 is 10.9 Å². The number of halogens is 1. The second kappa shape index (κ2) is 9.00. The number of nitro groups is 1. The minimum Gasteiger partial charge on any atom is -0.462 e. The van der Waals surface area contributed by atoms with Crippen LogP contribution in [0.1, 0.15) is 12.5 Å². The molecule has 0 unspecified atom stereocenters. The Kier molecular flexibility index (Phi) is 6.16. The van der Waals surface area contributed by atoms with Crippen LogP contribution in [0, 0.1) is 10.1 Å². The molecule has 3 heterocycles. The van der Waals surface area contributed by atoms with Gasteiger partial charge in [-0.2, -0.15) is 9.78 Å². The van der Waals surface area contributed by atoms with E-state index in [0.717, 1.165) is 4.88 Å². The number of ether oxygens (including phenoxy) is 1. The largest absolute Gasteiger partial charge is 0.462 e. The van der Waals surface area contributed by atoms with Crippen LogP contribution >= 0.6 is 34.7 Å². The van der Waals surface area contributed by atoms with Crippen molar-refractivity contribution in [2.24, 2.45) is 5.10 Å². The third kappa shape index (κ3) is 4.38. The summed E-state index contributed by atoms with van der Waals surface area (Å²) < 4.78 is 6.80. The number of carbonyl (C=O) groups is 1. The zero-order valence-electron chi connectivity index (χ0n) is 16.0. The molecule has 1 aromatic carbocycles. The Labute approximate surface area is 189 Å². The van der Waals surface area contributed by atoms with Crippen molar-refractivity contribution in [1.82, 2.24) is 14.9 Å². The summed E-state index contributed by atoms with van der Waals surface area (Å²) in [6, 6.07) is 8.12. The first-order valence-electron chi connectivity index (χ1n) is 9.01. The van der Waals surface area contributed by atoms with Crippen LogP contribution in [0.15, 0.2) is 51.5 Å². The Bertz CT molecular complexity index is 1220. The number of thiophene rings is 1. The number of rotatable bonds is 6. The maximum absolute atomic E-state index is 12.7. The normalized spacial score (nSPS) is 13.5. The molecule has 0 spiro atoms. The Balaban J connectivity index is 1.80. The summed E-state index contributed by atoms with van der Waals surface area (Å²) in [4.78, 5) is 24.3. The fourth-order valence-corrected chi connectivity index (χ4v) is 4.52. The van der Waals surface area contributed by atoms with E-state index >= 15 is 0 Å². The molecule has 0 fully saturated rings. The lowest BCUT2D eigenvalue weighted by Gasteiger charge is -2.15. The third-order valence-corrected chi connectivity index (χ3v) is 6.31. The van der Waals surface area contributed by atoms with E-state index in [-0.39, 0.29) is 22.9 Å². The summed E-state index contributed by atoms with van der Waals surface area (Å²) in [6.07, 6.45) is 1.51. The number of hydrogen-bond donors (Lipinski definition) is 0. The predicted octanol–water partition coefficient (Wildman–Crippen LogP) is 4.52. The molecule has 0 saturated carbocycles. The summed E-state index contributed by atoms with van der Waals surface area (Å²) >= 11 is 8.79. The molecule has 1 aliphatic heterocycles. The van der Waals surface area contributed by atoms with Crippen LogP contribution in [0.3, 0.4) is 0 Å². The van der Waals surface area contributed by atoms with E-state index in [1.807, 2.05) is 17.5 Å². The van der Waals surface area contributed by atoms with E-state index in [2.05, 4.69) is 15.3 Å². The molecular weight excluding hydrogens is 462 g/mol. The van der Waals surface area contributed by atoms with Crippen LogP contribution in [0.4, 0.5) is 5.69 Å². The van der Waals surface area contributed by atoms with Crippen molar-refractivity contribution in [1.29, 1.82) is 0 Å². The van der Waals surface area contributed by atoms with Gasteiger partial charge in [-0.25, -0.2) is 4.79 Å². The van der Waals surface area contributed by atoms with Crippen molar-refractivity contribution in [2.75, 3.05) is 12.4 Å². The monoisotopic (exact) mass is 475 g/mol. The second-order valence-corrected chi connectivity index (χ2v) is 8.47. The van der Waals surface area contributed by atoms with Gasteiger partial charge in [0, 0.05) is 11.8 Å². The van der Waals surface area contributed by atoms with Gasteiger partial charge in [0.2, 0.25) is 5.16 Å². The molecule has 0 bridgehead atoms. The van der Waals surface area contributed by atoms with Gasteiger partial charge < -0.3 is 4.74 Å². The number of fused-ring (bicyclic) bond motifs is 1. The van der Waals surface area contributed by atoms with Gasteiger partial charge in [0.1, 0.15) is 5.02 Å². The van der Waals surface area contributed by atoms with Crippen molar-refractivity contribution >= 4 is 58.1 Å². The van der Waals surface area contributed by atoms with Gasteiger partial charge in [-0.05, 0) is 36.1 Å². The minimum absolute atomic E-state index is 0.0140. The first kappa shape index (κ1) is 21.2. The zero-order chi connectivity index (χ0) is 22.0. The van der Waals surface area contributed by atoms with E-state index in [9.17, 15) is 14.9 Å². The van der Waals surface area contributed by atoms with Crippen LogP contribution in [0.5, 0.6) is 0 Å². The topological polar surface area (TPSA) is 113 Å². The smallest absolute Gasteiger partial charge is 0.340 e. The molecule has 0 N–H and O–H groups in total. The van der Waals surface area contributed by atoms with Gasteiger partial charge in [0.15, 0.2) is 5.82 Å². The highest BCUT2D eigenvalue weighted by molar-refractivity contribution is 7.99. The average molecular weight is 476 g/mol. The van der Waals surface area contributed by atoms with Crippen LogP contribution in [0.25, 0.3) is 16.8 Å². The summed E-state index contributed by atoms with van der Waals surface area (Å²) in [6.45, 7) is 1.88. The number of esters is 1. The van der Waals surface area contributed by atoms with Crippen LogP contribution in [-0.2, 0) is 9.53 Å². The number of thioether (sulfide) groups is 1. The molecule has 0 atom stereocenters. The van der Waals surface area contributed by atoms with Gasteiger partial charge in [-0.15, -0.1) is 21.5 Å². The Hall–Kier alpha value is -3.02. The fourth-order valence-electron chi connectivity index (χ4n) is 2.81. The highest BCUT2D eigenvalue weighted by atomic mass is 35.5. The lowest BCUT2D eigenvalue weighted by Crippen LogP contribution is -2.21. The number of carbonyl (C=O) groups excluding carboxylic acids is 1. The van der Waals surface area contributed by atoms with Crippen molar-refractivity contribution < 1.29 is 14.5 Å². The maximum Gasteiger partial charge on any atom is 0.340 e. The molecule has 0 radical (unpaired) electrons. The lowest BCUT2D eigenvalue weighted by molar-refractivity contribution is -0.384. The van der Waals surface area contributed by atoms with Crippen molar-refractivity contribution in [2.45, 2.75) is 12.1 Å². The second-order valence-electron chi connectivity index (χ2n) is 6.18. The van der Waals surface area contributed by atoms with Crippen molar-refractivity contribution in [3.05, 3.63) is 62.0 Å². The summed E-state index contributed by atoms with van der Waals surface area (Å²) in [5.41, 5.74) is 0.827. The summed E-state index contributed by atoms with van der Waals surface area (Å²) in [7, 11) is 0. The van der Waals surface area contributed by atoms with Crippen LogP contribution in [0.2, 0.25) is 5.02 Å². The van der Waals surface area contributed by atoms with E-state index in [1.54, 1.807) is 17.7 Å². The standard InChI is InChI=1S/C19H14ClN5O4S2/c1-2-29-18(26)12(8-11-5-6-13(20)15(9-11)25(27)28)14-10-31-19-22-21-17(24(19)23-14)16-4-3-7-30-16/h3-9H,2,10H2,1H3/b12-8-. The van der Waals surface area contributed by atoms with Gasteiger partial charge >= 0.3 is 5.97 Å². The SMILES string of the molecule is CCOC(=O)/C(=C\c1ccc(Cl)c([N+](=O)[O-])c1)C1=Nn2c(nnc2-c2cccs2)SC1. The fraction of sp³-hybridized carbons (Fsp3) is 0.158. The Morgan fingerprint density at radius 3 is 2.94 bits per heavy atom. The van der Waals surface area contributed by atoms with E-state index in [0.29, 0.717) is 28.0 Å². The molecule has 2 aromatic heterocycles. The number of nitro benzene ring substituents is 1. The van der Waals surface area contributed by atoms with Gasteiger partial charge in [-0.3, -0.25) is 10.1 Å². The average Bonchev–Trinajstić information content (AvgIpc) is 3.42. The quantitative estimate of drug-likeness (QED) is 0.223. The molecule has 0 saturated heterocycles. The molecule has 31 heavy (non-hydrogen) atoms. The van der Waals surface area contributed by atoms with Crippen LogP contribution in [-0.4, -0.2) is 43.8 Å². The molecule has 4 rings (SSSR count). The van der Waals surface area contributed by atoms with E-state index in [4.69, 9.17) is 16.3 Å². The van der Waals surface area contributed by atoms with Crippen molar-refractivity contribution in [3.8, 4) is 10.7 Å². The number of benzene rings is 1. The molecule has 0 amide bonds. The molecular formula is C19H14ClN5O4S2. The Morgan fingerprint density at radius 2 is 2.23 bits per heavy atom. The molecule has 9 nitrogen and oxygen atoms in total. The highest BCUT2D eigenvalue weighted by Gasteiger charge is 2.26. The minimum atomic E-state index is -0.575. The molecule has 12 heteroatoms. The molecule has 3 aromatic rings. The van der Waals surface area contributed by atoms with E-state index in [1.165, 1.54) is 41.3 Å². The number of hydrogen-bond acceptors (Lipinski definition) is 9. The zero-order valence-corrected chi connectivity index (χ0v) is 18.4. The first-order valence-corrected chi connectivity index (χ1v) is 11.2. The van der Waals surface area contributed by atoms with Gasteiger partial charge in [0.25, 0.3) is 5.69 Å². The Morgan fingerprint density at radius 1 is 1.39 bits per heavy atom. The number of aromatic nitrogens is 3. The van der Waals surface area contributed by atoms with Crippen LogP contribution < -0.4 is 0 Å². The molecule has 1 aliphatic rings. The molecule has 0 aliphatic carbocycles. The predicted molar refractivity (Wildman–Crippen MR) is 120 cm³/mol. The van der Waals surface area contributed by atoms with Gasteiger partial charge in [-0.1, -0.05) is 35.5 Å². The third-order valence-electron chi connectivity index (χ3n) is 4.20.